The minimum atomic E-state index is -4.36. The van der Waals surface area contributed by atoms with Crippen LogP contribution in [-0.2, 0) is 16.9 Å². The number of nitrogens with zero attached hydrogens (tertiary/aromatic N) is 2. The molecule has 0 aliphatic heterocycles. The maximum Gasteiger partial charge on any atom is 0.411 e. The molecule has 0 aliphatic rings. The Labute approximate surface area is 102 Å². The van der Waals surface area contributed by atoms with E-state index in [1.807, 2.05) is 6.92 Å². The molecule has 2 N–H and O–H groups in total. The average Bonchev–Trinajstić information content (AvgIpc) is 2.65. The molecule has 0 aliphatic carbocycles. The summed E-state index contributed by atoms with van der Waals surface area (Å²) in [6, 6.07) is 0. The molecule has 1 aromatic heterocycles. The number of hydrogen-bond acceptors (Lipinski definition) is 5. The van der Waals surface area contributed by atoms with Crippen LogP contribution >= 0.6 is 0 Å². The summed E-state index contributed by atoms with van der Waals surface area (Å²) in [7, 11) is 0. The maximum absolute atomic E-state index is 11.8. The van der Waals surface area contributed by atoms with Crippen LogP contribution in [0.3, 0.4) is 0 Å². The smallest absolute Gasteiger partial charge is 0.364 e. The second kappa shape index (κ2) is 5.66. The molecule has 0 amide bonds. The number of halogens is 3. The largest absolute Gasteiger partial charge is 0.411 e. The van der Waals surface area contributed by atoms with Crippen molar-refractivity contribution in [2.75, 3.05) is 6.61 Å². The second-order valence-electron chi connectivity index (χ2n) is 4.29. The van der Waals surface area contributed by atoms with Crippen molar-refractivity contribution in [1.82, 2.24) is 10.1 Å². The number of nitrogens with two attached hydrogens (primary N) is 1. The summed E-state index contributed by atoms with van der Waals surface area (Å²) in [5.74, 6) is 0.261. The highest BCUT2D eigenvalue weighted by Crippen LogP contribution is 2.21. The van der Waals surface area contributed by atoms with E-state index in [0.717, 1.165) is 6.42 Å². The van der Waals surface area contributed by atoms with Crippen LogP contribution in [0.1, 0.15) is 38.4 Å². The Morgan fingerprint density at radius 3 is 2.61 bits per heavy atom. The fourth-order valence-electron chi connectivity index (χ4n) is 1.43. The average molecular weight is 267 g/mol. The minimum Gasteiger partial charge on any atom is -0.364 e. The lowest BCUT2D eigenvalue weighted by molar-refractivity contribution is -0.177. The Morgan fingerprint density at radius 1 is 1.39 bits per heavy atom. The van der Waals surface area contributed by atoms with Gasteiger partial charge in [0.25, 0.3) is 0 Å². The normalized spacial score (nSPS) is 15.7. The lowest BCUT2D eigenvalue weighted by Gasteiger charge is -2.18. The van der Waals surface area contributed by atoms with Crippen molar-refractivity contribution in [3.05, 3.63) is 11.7 Å². The topological polar surface area (TPSA) is 74.2 Å². The first kappa shape index (κ1) is 14.9. The molecule has 0 saturated heterocycles. The van der Waals surface area contributed by atoms with Crippen molar-refractivity contribution >= 4 is 0 Å². The molecular weight excluding hydrogens is 251 g/mol. The predicted octanol–water partition coefficient (Wildman–Crippen LogP) is 2.12. The van der Waals surface area contributed by atoms with E-state index in [4.69, 9.17) is 10.3 Å². The molecule has 8 heteroatoms. The van der Waals surface area contributed by atoms with E-state index in [9.17, 15) is 13.2 Å². The molecule has 0 radical (unpaired) electrons. The molecular formula is C10H16F3N3O2. The number of rotatable bonds is 6. The van der Waals surface area contributed by atoms with Crippen molar-refractivity contribution in [2.24, 2.45) is 5.73 Å². The zero-order chi connectivity index (χ0) is 13.8. The lowest BCUT2D eigenvalue weighted by atomic mass is 9.98. The van der Waals surface area contributed by atoms with Crippen LogP contribution in [0.4, 0.5) is 13.2 Å². The Bertz CT molecular complexity index is 377. The first-order valence-corrected chi connectivity index (χ1v) is 5.51. The summed E-state index contributed by atoms with van der Waals surface area (Å²) < 4.78 is 44.9. The fourth-order valence-corrected chi connectivity index (χ4v) is 1.43. The van der Waals surface area contributed by atoms with Gasteiger partial charge in [0, 0.05) is 0 Å². The molecule has 0 aromatic carbocycles. The molecule has 18 heavy (non-hydrogen) atoms. The third kappa shape index (κ3) is 4.61. The Balaban J connectivity index is 2.53. The monoisotopic (exact) mass is 267 g/mol. The predicted molar refractivity (Wildman–Crippen MR) is 56.5 cm³/mol. The molecule has 104 valence electrons. The van der Waals surface area contributed by atoms with Gasteiger partial charge in [-0.15, -0.1) is 0 Å². The van der Waals surface area contributed by atoms with Gasteiger partial charge < -0.3 is 15.0 Å². The van der Waals surface area contributed by atoms with Crippen molar-refractivity contribution in [3.8, 4) is 0 Å². The van der Waals surface area contributed by atoms with Crippen LogP contribution in [0.2, 0.25) is 0 Å². The first-order chi connectivity index (χ1) is 8.24. The van der Waals surface area contributed by atoms with Crippen molar-refractivity contribution in [2.45, 2.75) is 45.0 Å². The summed E-state index contributed by atoms with van der Waals surface area (Å²) in [5, 5.41) is 3.53. The van der Waals surface area contributed by atoms with Crippen molar-refractivity contribution in [3.63, 3.8) is 0 Å². The Kier molecular flexibility index (Phi) is 4.69. The van der Waals surface area contributed by atoms with E-state index < -0.39 is 18.3 Å². The summed E-state index contributed by atoms with van der Waals surface area (Å²) >= 11 is 0. The molecule has 1 aromatic rings. The van der Waals surface area contributed by atoms with Gasteiger partial charge in [-0.2, -0.15) is 18.2 Å². The van der Waals surface area contributed by atoms with Gasteiger partial charge in [0.05, 0.1) is 5.54 Å². The number of aromatic nitrogens is 2. The molecule has 5 nitrogen and oxygen atoms in total. The zero-order valence-electron chi connectivity index (χ0n) is 10.3. The van der Waals surface area contributed by atoms with Gasteiger partial charge in [-0.1, -0.05) is 18.5 Å². The standard InChI is InChI=1S/C10H16F3N3O2/c1-3-4-9(2,14)8-15-7(16-18-8)5-17-6-10(11,12)13/h3-6,14H2,1-2H3. The van der Waals surface area contributed by atoms with Gasteiger partial charge in [-0.3, -0.25) is 0 Å². The molecule has 1 atom stereocenters. The summed E-state index contributed by atoms with van der Waals surface area (Å²) in [6.45, 7) is 1.98. The molecule has 1 rings (SSSR count). The molecule has 1 unspecified atom stereocenters. The zero-order valence-corrected chi connectivity index (χ0v) is 10.3. The van der Waals surface area contributed by atoms with Crippen LogP contribution in [0.25, 0.3) is 0 Å². The number of hydrogen-bond donors (Lipinski definition) is 1. The van der Waals surface area contributed by atoms with Crippen LogP contribution in [0.15, 0.2) is 4.52 Å². The van der Waals surface area contributed by atoms with Gasteiger partial charge >= 0.3 is 6.18 Å². The summed E-state index contributed by atoms with van der Waals surface area (Å²) in [6.07, 6.45) is -2.90. The lowest BCUT2D eigenvalue weighted by Crippen LogP contribution is -2.33. The number of ether oxygens (including phenoxy) is 1. The highest BCUT2D eigenvalue weighted by Gasteiger charge is 2.29. The van der Waals surface area contributed by atoms with Crippen LogP contribution < -0.4 is 5.73 Å². The fraction of sp³-hybridized carbons (Fsp3) is 0.800. The van der Waals surface area contributed by atoms with Crippen molar-refractivity contribution in [1.29, 1.82) is 0 Å². The van der Waals surface area contributed by atoms with E-state index >= 15 is 0 Å². The van der Waals surface area contributed by atoms with Crippen LogP contribution in [0.5, 0.6) is 0 Å². The molecule has 0 bridgehead atoms. The third-order valence-corrected chi connectivity index (χ3v) is 2.22. The van der Waals surface area contributed by atoms with Gasteiger partial charge in [0.15, 0.2) is 5.82 Å². The first-order valence-electron chi connectivity index (χ1n) is 5.51. The van der Waals surface area contributed by atoms with E-state index in [-0.39, 0.29) is 18.3 Å². The Morgan fingerprint density at radius 2 is 2.06 bits per heavy atom. The Hall–Kier alpha value is -1.15. The van der Waals surface area contributed by atoms with Gasteiger partial charge in [-0.25, -0.2) is 0 Å². The second-order valence-corrected chi connectivity index (χ2v) is 4.29. The van der Waals surface area contributed by atoms with Crippen LogP contribution in [-0.4, -0.2) is 22.9 Å². The SMILES string of the molecule is CCCC(C)(N)c1nc(COCC(F)(F)F)no1. The summed E-state index contributed by atoms with van der Waals surface area (Å²) in [4.78, 5) is 3.92. The molecule has 0 spiro atoms. The van der Waals surface area contributed by atoms with Gasteiger partial charge in [0.1, 0.15) is 13.2 Å². The quantitative estimate of drug-likeness (QED) is 0.854. The highest BCUT2D eigenvalue weighted by atomic mass is 19.4. The van der Waals surface area contributed by atoms with E-state index in [1.54, 1.807) is 6.92 Å². The van der Waals surface area contributed by atoms with Gasteiger partial charge in [-0.05, 0) is 13.3 Å². The highest BCUT2D eigenvalue weighted by molar-refractivity contribution is 4.99. The van der Waals surface area contributed by atoms with Gasteiger partial charge in [0.2, 0.25) is 5.89 Å². The van der Waals surface area contributed by atoms with E-state index in [2.05, 4.69) is 14.9 Å². The van der Waals surface area contributed by atoms with Crippen LogP contribution in [0, 0.1) is 0 Å². The van der Waals surface area contributed by atoms with E-state index in [0.29, 0.717) is 6.42 Å². The molecule has 0 saturated carbocycles. The third-order valence-electron chi connectivity index (χ3n) is 2.22. The van der Waals surface area contributed by atoms with Crippen molar-refractivity contribution < 1.29 is 22.4 Å². The maximum atomic E-state index is 11.8. The van der Waals surface area contributed by atoms with E-state index in [1.165, 1.54) is 0 Å². The summed E-state index contributed by atoms with van der Waals surface area (Å²) in [5.41, 5.74) is 5.17. The molecule has 0 fully saturated rings. The molecule has 1 heterocycles. The number of alkyl halides is 3. The minimum absolute atomic E-state index is 0.0574.